The van der Waals surface area contributed by atoms with Gasteiger partial charge in [-0.25, -0.2) is 0 Å². The van der Waals surface area contributed by atoms with Gasteiger partial charge in [0, 0.05) is 24.7 Å². The lowest BCUT2D eigenvalue weighted by Gasteiger charge is -2.21. The lowest BCUT2D eigenvalue weighted by Crippen LogP contribution is -2.25. The average Bonchev–Trinajstić information content (AvgIpc) is 2.56. The first-order valence-electron chi connectivity index (χ1n) is 8.76. The standard InChI is InChI=1S/C19H34N2O/c1-6-9-12-21(8-3)15-17-10-11-18(19(13-17)22-5)14-20-16(4)7-2/h10-11,13,16,20H,6-9,12,14-15H2,1-5H3. The molecular weight excluding hydrogens is 272 g/mol. The van der Waals surface area contributed by atoms with Crippen molar-refractivity contribution in [1.82, 2.24) is 10.2 Å². The van der Waals surface area contributed by atoms with Crippen LogP contribution in [0.5, 0.6) is 5.75 Å². The van der Waals surface area contributed by atoms with E-state index in [9.17, 15) is 0 Å². The normalized spacial score (nSPS) is 12.6. The fourth-order valence-electron chi connectivity index (χ4n) is 2.45. The second-order valence-electron chi connectivity index (χ2n) is 6.06. The summed E-state index contributed by atoms with van der Waals surface area (Å²) in [5.74, 6) is 1.000. The number of nitrogens with one attached hydrogen (secondary N) is 1. The first-order valence-corrected chi connectivity index (χ1v) is 8.76. The Morgan fingerprint density at radius 2 is 2.00 bits per heavy atom. The van der Waals surface area contributed by atoms with Gasteiger partial charge in [-0.3, -0.25) is 4.90 Å². The van der Waals surface area contributed by atoms with Crippen molar-refractivity contribution in [2.75, 3.05) is 20.2 Å². The third kappa shape index (κ3) is 6.37. The first-order chi connectivity index (χ1) is 10.6. The van der Waals surface area contributed by atoms with Gasteiger partial charge in [0.15, 0.2) is 0 Å². The van der Waals surface area contributed by atoms with Gasteiger partial charge in [0.2, 0.25) is 0 Å². The lowest BCUT2D eigenvalue weighted by atomic mass is 10.1. The van der Waals surface area contributed by atoms with Crippen molar-refractivity contribution >= 4 is 0 Å². The average molecular weight is 306 g/mol. The Bertz CT molecular complexity index is 420. The molecule has 0 aliphatic carbocycles. The molecule has 1 rings (SSSR count). The van der Waals surface area contributed by atoms with Crippen LogP contribution in [0.4, 0.5) is 0 Å². The highest BCUT2D eigenvalue weighted by atomic mass is 16.5. The summed E-state index contributed by atoms with van der Waals surface area (Å²) in [7, 11) is 1.76. The quantitative estimate of drug-likeness (QED) is 0.663. The zero-order valence-electron chi connectivity index (χ0n) is 15.1. The highest BCUT2D eigenvalue weighted by Gasteiger charge is 2.08. The number of unbranched alkanes of at least 4 members (excludes halogenated alkanes) is 1. The molecule has 1 N–H and O–H groups in total. The fourth-order valence-corrected chi connectivity index (χ4v) is 2.45. The van der Waals surface area contributed by atoms with Crippen LogP contribution >= 0.6 is 0 Å². The number of methoxy groups -OCH3 is 1. The number of benzene rings is 1. The molecule has 0 fully saturated rings. The molecule has 3 nitrogen and oxygen atoms in total. The predicted molar refractivity (Wildman–Crippen MR) is 95.4 cm³/mol. The number of nitrogens with zero attached hydrogens (tertiary/aromatic N) is 1. The zero-order valence-corrected chi connectivity index (χ0v) is 15.1. The molecule has 0 bridgehead atoms. The monoisotopic (exact) mass is 306 g/mol. The second kappa shape index (κ2) is 10.6. The Hall–Kier alpha value is -1.06. The van der Waals surface area contributed by atoms with E-state index in [1.807, 2.05) is 0 Å². The molecule has 1 aromatic carbocycles. The number of ether oxygens (including phenoxy) is 1. The minimum absolute atomic E-state index is 0.536. The lowest BCUT2D eigenvalue weighted by molar-refractivity contribution is 0.275. The molecule has 0 saturated heterocycles. The van der Waals surface area contributed by atoms with Crippen LogP contribution in [0.2, 0.25) is 0 Å². The topological polar surface area (TPSA) is 24.5 Å². The maximum Gasteiger partial charge on any atom is 0.123 e. The molecule has 3 heteroatoms. The van der Waals surface area contributed by atoms with Gasteiger partial charge >= 0.3 is 0 Å². The molecule has 0 saturated carbocycles. The van der Waals surface area contributed by atoms with Crippen LogP contribution in [0.15, 0.2) is 18.2 Å². The predicted octanol–water partition coefficient (Wildman–Crippen LogP) is 4.21. The number of rotatable bonds is 11. The van der Waals surface area contributed by atoms with Crippen LogP contribution in [0.25, 0.3) is 0 Å². The van der Waals surface area contributed by atoms with E-state index < -0.39 is 0 Å². The van der Waals surface area contributed by atoms with Crippen LogP contribution in [-0.2, 0) is 13.1 Å². The molecule has 1 aromatic rings. The summed E-state index contributed by atoms with van der Waals surface area (Å²) in [4.78, 5) is 2.50. The van der Waals surface area contributed by atoms with Gasteiger partial charge in [-0.2, -0.15) is 0 Å². The zero-order chi connectivity index (χ0) is 16.4. The maximum atomic E-state index is 5.59. The van der Waals surface area contributed by atoms with Crippen molar-refractivity contribution in [3.05, 3.63) is 29.3 Å². The van der Waals surface area contributed by atoms with Gasteiger partial charge in [0.1, 0.15) is 5.75 Å². The molecule has 126 valence electrons. The summed E-state index contributed by atoms with van der Waals surface area (Å²) in [6.07, 6.45) is 3.66. The molecule has 0 aromatic heterocycles. The van der Waals surface area contributed by atoms with Gasteiger partial charge < -0.3 is 10.1 Å². The molecular formula is C19H34N2O. The third-order valence-corrected chi connectivity index (χ3v) is 4.29. The minimum atomic E-state index is 0.536. The second-order valence-corrected chi connectivity index (χ2v) is 6.06. The van der Waals surface area contributed by atoms with E-state index in [1.54, 1.807) is 7.11 Å². The maximum absolute atomic E-state index is 5.59. The van der Waals surface area contributed by atoms with E-state index in [4.69, 9.17) is 4.74 Å². The van der Waals surface area contributed by atoms with Gasteiger partial charge in [-0.15, -0.1) is 0 Å². The summed E-state index contributed by atoms with van der Waals surface area (Å²) >= 11 is 0. The Morgan fingerprint density at radius 1 is 1.23 bits per heavy atom. The largest absolute Gasteiger partial charge is 0.496 e. The summed E-state index contributed by atoms with van der Waals surface area (Å²) in [5, 5.41) is 3.53. The van der Waals surface area contributed by atoms with Crippen LogP contribution in [-0.4, -0.2) is 31.1 Å². The van der Waals surface area contributed by atoms with Crippen molar-refractivity contribution in [2.24, 2.45) is 0 Å². The van der Waals surface area contributed by atoms with E-state index in [1.165, 1.54) is 30.5 Å². The highest BCUT2D eigenvalue weighted by Crippen LogP contribution is 2.21. The van der Waals surface area contributed by atoms with Gasteiger partial charge in [0.05, 0.1) is 7.11 Å². The first kappa shape index (κ1) is 19.0. The Kier molecular flexibility index (Phi) is 9.17. The Balaban J connectivity index is 2.70. The van der Waals surface area contributed by atoms with Crippen LogP contribution < -0.4 is 10.1 Å². The molecule has 0 radical (unpaired) electrons. The van der Waals surface area contributed by atoms with E-state index in [0.717, 1.165) is 31.8 Å². The number of hydrogen-bond donors (Lipinski definition) is 1. The van der Waals surface area contributed by atoms with E-state index in [-0.39, 0.29) is 0 Å². The van der Waals surface area contributed by atoms with E-state index in [0.29, 0.717) is 6.04 Å². The molecule has 0 aliphatic rings. The van der Waals surface area contributed by atoms with Gasteiger partial charge in [-0.1, -0.05) is 39.3 Å². The van der Waals surface area contributed by atoms with Gasteiger partial charge in [0.25, 0.3) is 0 Å². The van der Waals surface area contributed by atoms with Crippen molar-refractivity contribution in [2.45, 2.75) is 66.1 Å². The van der Waals surface area contributed by atoms with E-state index in [2.05, 4.69) is 56.1 Å². The van der Waals surface area contributed by atoms with Crippen LogP contribution in [0.3, 0.4) is 0 Å². The number of hydrogen-bond acceptors (Lipinski definition) is 3. The molecule has 0 spiro atoms. The molecule has 22 heavy (non-hydrogen) atoms. The molecule has 0 amide bonds. The molecule has 0 heterocycles. The SMILES string of the molecule is CCCCN(CC)Cc1ccc(CNC(C)CC)c(OC)c1. The van der Waals surface area contributed by atoms with Crippen molar-refractivity contribution in [3.63, 3.8) is 0 Å². The Morgan fingerprint density at radius 3 is 2.59 bits per heavy atom. The minimum Gasteiger partial charge on any atom is -0.496 e. The summed E-state index contributed by atoms with van der Waals surface area (Å²) < 4.78 is 5.59. The highest BCUT2D eigenvalue weighted by molar-refractivity contribution is 5.37. The molecule has 1 atom stereocenters. The van der Waals surface area contributed by atoms with Crippen LogP contribution in [0.1, 0.15) is 58.1 Å². The van der Waals surface area contributed by atoms with Crippen molar-refractivity contribution in [3.8, 4) is 5.75 Å². The summed E-state index contributed by atoms with van der Waals surface area (Å²) in [6.45, 7) is 13.0. The third-order valence-electron chi connectivity index (χ3n) is 4.29. The molecule has 1 unspecified atom stereocenters. The van der Waals surface area contributed by atoms with Crippen molar-refractivity contribution in [1.29, 1.82) is 0 Å². The summed E-state index contributed by atoms with van der Waals surface area (Å²) in [6, 6.07) is 7.18. The van der Waals surface area contributed by atoms with Crippen LogP contribution in [0, 0.1) is 0 Å². The van der Waals surface area contributed by atoms with Crippen molar-refractivity contribution < 1.29 is 4.74 Å². The fraction of sp³-hybridized carbons (Fsp3) is 0.684. The molecule has 0 aliphatic heterocycles. The summed E-state index contributed by atoms with van der Waals surface area (Å²) in [5.41, 5.74) is 2.57. The Labute approximate surface area is 137 Å². The smallest absolute Gasteiger partial charge is 0.123 e. The van der Waals surface area contributed by atoms with E-state index >= 15 is 0 Å². The van der Waals surface area contributed by atoms with Gasteiger partial charge in [-0.05, 0) is 44.5 Å².